The van der Waals surface area contributed by atoms with E-state index in [9.17, 15) is 0 Å². The monoisotopic (exact) mass is 278 g/mol. The molecule has 1 aromatic rings. The molecule has 0 unspecified atom stereocenters. The van der Waals surface area contributed by atoms with Crippen molar-refractivity contribution >= 4 is 5.96 Å². The summed E-state index contributed by atoms with van der Waals surface area (Å²) in [7, 11) is 0. The average molecular weight is 278 g/mol. The van der Waals surface area contributed by atoms with E-state index in [0.717, 1.165) is 25.1 Å². The largest absolute Gasteiger partial charge is 0.477 e. The Morgan fingerprint density at radius 2 is 2.30 bits per heavy atom. The third-order valence-corrected chi connectivity index (χ3v) is 3.04. The highest BCUT2D eigenvalue weighted by Gasteiger charge is 2.12. The summed E-state index contributed by atoms with van der Waals surface area (Å²) in [5.41, 5.74) is 6.96. The van der Waals surface area contributed by atoms with Crippen molar-refractivity contribution in [3.05, 3.63) is 23.9 Å². The molecular formula is C14H22N4O2. The highest BCUT2D eigenvalue weighted by molar-refractivity contribution is 5.78. The first-order valence-corrected chi connectivity index (χ1v) is 7.00. The molecule has 0 aliphatic carbocycles. The zero-order valence-corrected chi connectivity index (χ0v) is 11.9. The Bertz CT molecular complexity index is 445. The lowest BCUT2D eigenvalue weighted by atomic mass is 10.3. The zero-order chi connectivity index (χ0) is 14.2. The first kappa shape index (κ1) is 14.6. The Hall–Kier alpha value is -1.82. The highest BCUT2D eigenvalue weighted by Crippen LogP contribution is 2.15. The van der Waals surface area contributed by atoms with Gasteiger partial charge in [0.15, 0.2) is 5.96 Å². The summed E-state index contributed by atoms with van der Waals surface area (Å²) in [6.07, 6.45) is 2.68. The van der Waals surface area contributed by atoms with Crippen molar-refractivity contribution in [3.63, 3.8) is 0 Å². The summed E-state index contributed by atoms with van der Waals surface area (Å²) in [5, 5.41) is 0. The Kier molecular flexibility index (Phi) is 5.61. The molecule has 6 nitrogen and oxygen atoms in total. The predicted octanol–water partition coefficient (Wildman–Crippen LogP) is 1.02. The van der Waals surface area contributed by atoms with Crippen LogP contribution in [-0.2, 0) is 11.3 Å². The van der Waals surface area contributed by atoms with E-state index in [4.69, 9.17) is 15.2 Å². The number of aromatic nitrogens is 1. The standard InChI is InChI=1S/C14H22N4O2/c1-2-8-20-13-12(4-3-5-16-13)11-17-14(15)18-6-9-19-10-7-18/h3-5H,2,6-11H2,1H3,(H2,15,17). The van der Waals surface area contributed by atoms with E-state index in [-0.39, 0.29) is 0 Å². The van der Waals surface area contributed by atoms with Crippen molar-refractivity contribution in [2.45, 2.75) is 19.9 Å². The molecule has 0 atom stereocenters. The van der Waals surface area contributed by atoms with Gasteiger partial charge in [-0.05, 0) is 12.5 Å². The number of pyridine rings is 1. The van der Waals surface area contributed by atoms with Crippen LogP contribution in [0.3, 0.4) is 0 Å². The topological polar surface area (TPSA) is 73.0 Å². The van der Waals surface area contributed by atoms with Crippen LogP contribution in [0, 0.1) is 0 Å². The van der Waals surface area contributed by atoms with Crippen molar-refractivity contribution in [2.24, 2.45) is 10.7 Å². The van der Waals surface area contributed by atoms with Crippen LogP contribution in [0.15, 0.2) is 23.3 Å². The second-order valence-electron chi connectivity index (χ2n) is 4.59. The Morgan fingerprint density at radius 3 is 3.05 bits per heavy atom. The third-order valence-electron chi connectivity index (χ3n) is 3.04. The summed E-state index contributed by atoms with van der Waals surface area (Å²) in [4.78, 5) is 10.7. The maximum atomic E-state index is 6.01. The van der Waals surface area contributed by atoms with Crippen LogP contribution >= 0.6 is 0 Å². The van der Waals surface area contributed by atoms with Crippen LogP contribution in [0.4, 0.5) is 0 Å². The molecule has 1 saturated heterocycles. The molecule has 2 heterocycles. The van der Waals surface area contributed by atoms with Gasteiger partial charge < -0.3 is 20.1 Å². The quantitative estimate of drug-likeness (QED) is 0.643. The molecule has 0 amide bonds. The van der Waals surface area contributed by atoms with E-state index in [0.29, 0.717) is 38.2 Å². The van der Waals surface area contributed by atoms with Crippen LogP contribution in [0.5, 0.6) is 5.88 Å². The van der Waals surface area contributed by atoms with Gasteiger partial charge in [0.2, 0.25) is 5.88 Å². The minimum absolute atomic E-state index is 0.482. The van der Waals surface area contributed by atoms with Gasteiger partial charge in [-0.2, -0.15) is 0 Å². The lowest BCUT2D eigenvalue weighted by Gasteiger charge is -2.27. The number of hydrogen-bond acceptors (Lipinski definition) is 4. The van der Waals surface area contributed by atoms with E-state index < -0.39 is 0 Å². The van der Waals surface area contributed by atoms with Gasteiger partial charge in [0, 0.05) is 24.8 Å². The van der Waals surface area contributed by atoms with Crippen LogP contribution in [0.1, 0.15) is 18.9 Å². The molecule has 0 saturated carbocycles. The summed E-state index contributed by atoms with van der Waals surface area (Å²) in [5.74, 6) is 1.20. The van der Waals surface area contributed by atoms with Gasteiger partial charge in [-0.15, -0.1) is 0 Å². The third kappa shape index (κ3) is 4.09. The summed E-state index contributed by atoms with van der Waals surface area (Å²) in [6, 6.07) is 3.85. The molecule has 2 rings (SSSR count). The fraction of sp³-hybridized carbons (Fsp3) is 0.571. The normalized spacial score (nSPS) is 16.2. The molecule has 1 aromatic heterocycles. The fourth-order valence-electron chi connectivity index (χ4n) is 1.93. The molecule has 0 spiro atoms. The van der Waals surface area contributed by atoms with E-state index in [2.05, 4.69) is 16.9 Å². The van der Waals surface area contributed by atoms with Crippen LogP contribution in [0.2, 0.25) is 0 Å². The summed E-state index contributed by atoms with van der Waals surface area (Å²) in [6.45, 7) is 6.20. The highest BCUT2D eigenvalue weighted by atomic mass is 16.5. The Labute approximate surface area is 119 Å². The van der Waals surface area contributed by atoms with E-state index >= 15 is 0 Å². The second-order valence-corrected chi connectivity index (χ2v) is 4.59. The van der Waals surface area contributed by atoms with Crippen LogP contribution in [0.25, 0.3) is 0 Å². The molecule has 0 aromatic carbocycles. The van der Waals surface area contributed by atoms with Gasteiger partial charge in [0.25, 0.3) is 0 Å². The number of morpholine rings is 1. The van der Waals surface area contributed by atoms with Gasteiger partial charge in [-0.25, -0.2) is 9.98 Å². The predicted molar refractivity (Wildman–Crippen MR) is 77.7 cm³/mol. The molecule has 2 N–H and O–H groups in total. The van der Waals surface area contributed by atoms with Crippen molar-refractivity contribution < 1.29 is 9.47 Å². The molecule has 6 heteroatoms. The van der Waals surface area contributed by atoms with Crippen molar-refractivity contribution in [1.29, 1.82) is 0 Å². The Balaban J connectivity index is 1.98. The van der Waals surface area contributed by atoms with Crippen molar-refractivity contribution in [2.75, 3.05) is 32.9 Å². The minimum atomic E-state index is 0.482. The summed E-state index contributed by atoms with van der Waals surface area (Å²) < 4.78 is 10.9. The number of hydrogen-bond donors (Lipinski definition) is 1. The van der Waals surface area contributed by atoms with Crippen LogP contribution in [-0.4, -0.2) is 48.8 Å². The molecule has 110 valence electrons. The first-order valence-electron chi connectivity index (χ1n) is 7.00. The van der Waals surface area contributed by atoms with E-state index in [1.165, 1.54) is 0 Å². The van der Waals surface area contributed by atoms with E-state index in [1.807, 2.05) is 17.0 Å². The lowest BCUT2D eigenvalue weighted by Crippen LogP contribution is -2.44. The first-order chi connectivity index (χ1) is 9.81. The number of nitrogens with zero attached hydrogens (tertiary/aromatic N) is 3. The Morgan fingerprint density at radius 1 is 1.50 bits per heavy atom. The SMILES string of the molecule is CCCOc1ncccc1CN=C(N)N1CCOCC1. The van der Waals surface area contributed by atoms with E-state index in [1.54, 1.807) is 6.20 Å². The van der Waals surface area contributed by atoms with Crippen molar-refractivity contribution in [3.8, 4) is 5.88 Å². The smallest absolute Gasteiger partial charge is 0.218 e. The number of guanidine groups is 1. The number of aliphatic imine (C=N–C) groups is 1. The zero-order valence-electron chi connectivity index (χ0n) is 11.9. The molecule has 0 radical (unpaired) electrons. The summed E-state index contributed by atoms with van der Waals surface area (Å²) >= 11 is 0. The van der Waals surface area contributed by atoms with Gasteiger partial charge in [-0.3, -0.25) is 0 Å². The number of rotatable bonds is 5. The maximum Gasteiger partial charge on any atom is 0.218 e. The minimum Gasteiger partial charge on any atom is -0.477 e. The number of ether oxygens (including phenoxy) is 2. The average Bonchev–Trinajstić information content (AvgIpc) is 2.52. The van der Waals surface area contributed by atoms with Crippen molar-refractivity contribution in [1.82, 2.24) is 9.88 Å². The number of nitrogens with two attached hydrogens (primary N) is 1. The molecule has 20 heavy (non-hydrogen) atoms. The molecule has 1 aliphatic rings. The second kappa shape index (κ2) is 7.69. The van der Waals surface area contributed by atoms with Gasteiger partial charge in [-0.1, -0.05) is 13.0 Å². The van der Waals surface area contributed by atoms with Gasteiger partial charge >= 0.3 is 0 Å². The lowest BCUT2D eigenvalue weighted by molar-refractivity contribution is 0.0674. The molecule has 1 fully saturated rings. The molecular weight excluding hydrogens is 256 g/mol. The van der Waals surface area contributed by atoms with Crippen LogP contribution < -0.4 is 10.5 Å². The molecule has 1 aliphatic heterocycles. The molecule has 0 bridgehead atoms. The van der Waals surface area contributed by atoms with Gasteiger partial charge in [0.05, 0.1) is 26.4 Å². The fourth-order valence-corrected chi connectivity index (χ4v) is 1.93. The maximum absolute atomic E-state index is 6.01. The van der Waals surface area contributed by atoms with Gasteiger partial charge in [0.1, 0.15) is 0 Å².